The number of hydrogen-bond acceptors (Lipinski definition) is 1. The molecule has 68 valence electrons. The zero-order valence-corrected chi connectivity index (χ0v) is 9.40. The van der Waals surface area contributed by atoms with E-state index in [2.05, 4.69) is 42.1 Å². The van der Waals surface area contributed by atoms with E-state index < -0.39 is 9.52 Å². The summed E-state index contributed by atoms with van der Waals surface area (Å²) in [4.78, 5) is 2.76. The molecule has 0 unspecified atom stereocenters. The maximum atomic E-state index is 8.15. The molecule has 0 aliphatic heterocycles. The molecular formula is C9H13N3Si. The highest BCUT2D eigenvalue weighted by molar-refractivity contribution is 6.54. The second-order valence-electron chi connectivity index (χ2n) is 3.06. The van der Waals surface area contributed by atoms with Crippen molar-refractivity contribution < 1.29 is 0 Å². The standard InChI is InChI=1S/C9H13N3Si/c1-7-4-3-5-9(8(7)2)13-6-11-12-10/h3-5H,6,13H2,1-2H3. The first-order chi connectivity index (χ1) is 6.25. The first-order valence-electron chi connectivity index (χ1n) is 4.31. The Kier molecular flexibility index (Phi) is 3.55. The molecule has 13 heavy (non-hydrogen) atoms. The molecule has 4 heteroatoms. The topological polar surface area (TPSA) is 48.8 Å². The largest absolute Gasteiger partial charge is 0.0971 e. The van der Waals surface area contributed by atoms with Gasteiger partial charge in [0.2, 0.25) is 0 Å². The Morgan fingerprint density at radius 3 is 2.92 bits per heavy atom. The van der Waals surface area contributed by atoms with Gasteiger partial charge in [0.1, 0.15) is 0 Å². The van der Waals surface area contributed by atoms with Crippen molar-refractivity contribution in [3.05, 3.63) is 39.8 Å². The second kappa shape index (κ2) is 4.69. The number of aryl methyl sites for hydroxylation is 1. The molecule has 0 fully saturated rings. The van der Waals surface area contributed by atoms with Crippen LogP contribution in [0.15, 0.2) is 23.3 Å². The maximum absolute atomic E-state index is 8.15. The van der Waals surface area contributed by atoms with Gasteiger partial charge in [-0.25, -0.2) is 0 Å². The molecule has 0 spiro atoms. The number of rotatable bonds is 3. The predicted octanol–water partition coefficient (Wildman–Crippen LogP) is 1.37. The van der Waals surface area contributed by atoms with E-state index in [0.29, 0.717) is 6.17 Å². The highest BCUT2D eigenvalue weighted by Gasteiger charge is 1.99. The molecule has 0 saturated carbocycles. The minimum absolute atomic E-state index is 0.393. The summed E-state index contributed by atoms with van der Waals surface area (Å²) in [5, 5.41) is 4.99. The normalized spacial score (nSPS) is 10.3. The van der Waals surface area contributed by atoms with Crippen LogP contribution < -0.4 is 5.19 Å². The van der Waals surface area contributed by atoms with Gasteiger partial charge in [0.15, 0.2) is 0 Å². The third-order valence-corrected chi connectivity index (χ3v) is 3.99. The molecule has 3 nitrogen and oxygen atoms in total. The minimum Gasteiger partial charge on any atom is -0.0971 e. The van der Waals surface area contributed by atoms with Crippen molar-refractivity contribution in [3.8, 4) is 0 Å². The van der Waals surface area contributed by atoms with E-state index in [1.807, 2.05) is 0 Å². The SMILES string of the molecule is Cc1cccc([SiH2]CN=[N+]=[N-])c1C. The van der Waals surface area contributed by atoms with Gasteiger partial charge in [0.05, 0.1) is 9.52 Å². The molecule has 1 aromatic rings. The van der Waals surface area contributed by atoms with Crippen LogP contribution in [0, 0.1) is 13.8 Å². The van der Waals surface area contributed by atoms with Crippen LogP contribution in [0.2, 0.25) is 0 Å². The van der Waals surface area contributed by atoms with Crippen LogP contribution in [0.5, 0.6) is 0 Å². The van der Waals surface area contributed by atoms with Gasteiger partial charge >= 0.3 is 0 Å². The first-order valence-corrected chi connectivity index (χ1v) is 6.02. The summed E-state index contributed by atoms with van der Waals surface area (Å²) in [5.74, 6) is 0. The fraction of sp³-hybridized carbons (Fsp3) is 0.333. The van der Waals surface area contributed by atoms with Gasteiger partial charge < -0.3 is 0 Å². The van der Waals surface area contributed by atoms with Gasteiger partial charge in [-0.05, 0) is 30.5 Å². The lowest BCUT2D eigenvalue weighted by molar-refractivity contribution is 1.30. The lowest BCUT2D eigenvalue weighted by atomic mass is 10.1. The molecule has 0 aromatic heterocycles. The van der Waals surface area contributed by atoms with Crippen LogP contribution in [0.4, 0.5) is 0 Å². The van der Waals surface area contributed by atoms with E-state index in [-0.39, 0.29) is 0 Å². The minimum atomic E-state index is -0.393. The molecule has 0 saturated heterocycles. The fourth-order valence-electron chi connectivity index (χ4n) is 1.30. The summed E-state index contributed by atoms with van der Waals surface area (Å²) in [6.07, 6.45) is 0.681. The zero-order chi connectivity index (χ0) is 9.68. The van der Waals surface area contributed by atoms with Gasteiger partial charge in [-0.15, -0.1) is 0 Å². The molecule has 0 aliphatic carbocycles. The van der Waals surface area contributed by atoms with Crippen LogP contribution in [0.1, 0.15) is 11.1 Å². The number of nitrogens with zero attached hydrogens (tertiary/aromatic N) is 3. The first kappa shape index (κ1) is 9.83. The molecule has 1 aromatic carbocycles. The molecular weight excluding hydrogens is 178 g/mol. The van der Waals surface area contributed by atoms with E-state index in [1.165, 1.54) is 16.3 Å². The zero-order valence-electron chi connectivity index (χ0n) is 7.99. The summed E-state index contributed by atoms with van der Waals surface area (Å²) in [6, 6.07) is 6.32. The van der Waals surface area contributed by atoms with Crippen molar-refractivity contribution in [1.82, 2.24) is 0 Å². The van der Waals surface area contributed by atoms with Crippen LogP contribution in [0.25, 0.3) is 10.4 Å². The van der Waals surface area contributed by atoms with E-state index >= 15 is 0 Å². The monoisotopic (exact) mass is 191 g/mol. The molecule has 0 bridgehead atoms. The summed E-state index contributed by atoms with van der Waals surface area (Å²) in [5.41, 5.74) is 10.8. The van der Waals surface area contributed by atoms with Crippen molar-refractivity contribution in [2.24, 2.45) is 5.11 Å². The highest BCUT2D eigenvalue weighted by Crippen LogP contribution is 2.01. The van der Waals surface area contributed by atoms with Gasteiger partial charge in [-0.3, -0.25) is 0 Å². The third kappa shape index (κ3) is 2.61. The third-order valence-electron chi connectivity index (χ3n) is 2.26. The average molecular weight is 191 g/mol. The lowest BCUT2D eigenvalue weighted by Crippen LogP contribution is -2.20. The van der Waals surface area contributed by atoms with Gasteiger partial charge in [-0.1, -0.05) is 28.5 Å². The van der Waals surface area contributed by atoms with Crippen molar-refractivity contribution in [2.45, 2.75) is 13.8 Å². The average Bonchev–Trinajstić information content (AvgIpc) is 2.13. The summed E-state index contributed by atoms with van der Waals surface area (Å²) in [6.45, 7) is 4.24. The van der Waals surface area contributed by atoms with E-state index in [4.69, 9.17) is 5.53 Å². The molecule has 1 rings (SSSR count). The summed E-state index contributed by atoms with van der Waals surface area (Å²) < 4.78 is 0. The molecule has 0 N–H and O–H groups in total. The Hall–Kier alpha value is -1.25. The quantitative estimate of drug-likeness (QED) is 0.300. The Bertz CT molecular complexity index is 343. The summed E-state index contributed by atoms with van der Waals surface area (Å²) >= 11 is 0. The van der Waals surface area contributed by atoms with Crippen LogP contribution in [-0.4, -0.2) is 15.7 Å². The second-order valence-corrected chi connectivity index (χ2v) is 4.77. The predicted molar refractivity (Wildman–Crippen MR) is 58.1 cm³/mol. The molecule has 0 heterocycles. The van der Waals surface area contributed by atoms with Crippen LogP contribution in [0.3, 0.4) is 0 Å². The van der Waals surface area contributed by atoms with Crippen LogP contribution in [-0.2, 0) is 0 Å². The summed E-state index contributed by atoms with van der Waals surface area (Å²) in [7, 11) is -0.393. The van der Waals surface area contributed by atoms with Gasteiger partial charge in [0, 0.05) is 11.1 Å². The maximum Gasteiger partial charge on any atom is 0.0618 e. The Morgan fingerprint density at radius 2 is 2.23 bits per heavy atom. The van der Waals surface area contributed by atoms with Crippen molar-refractivity contribution >= 4 is 14.7 Å². The molecule has 0 radical (unpaired) electrons. The van der Waals surface area contributed by atoms with Crippen molar-refractivity contribution in [1.29, 1.82) is 0 Å². The Morgan fingerprint density at radius 1 is 1.46 bits per heavy atom. The molecule has 0 atom stereocenters. The van der Waals surface area contributed by atoms with Gasteiger partial charge in [-0.2, -0.15) is 0 Å². The lowest BCUT2D eigenvalue weighted by Gasteiger charge is -2.05. The van der Waals surface area contributed by atoms with Crippen molar-refractivity contribution in [3.63, 3.8) is 0 Å². The van der Waals surface area contributed by atoms with Crippen LogP contribution >= 0.6 is 0 Å². The van der Waals surface area contributed by atoms with E-state index in [0.717, 1.165) is 0 Å². The molecule has 0 amide bonds. The number of hydrogen-bond donors (Lipinski definition) is 0. The highest BCUT2D eigenvalue weighted by atomic mass is 28.2. The number of benzene rings is 1. The van der Waals surface area contributed by atoms with Crippen molar-refractivity contribution in [2.75, 3.05) is 6.17 Å². The Balaban J connectivity index is 2.76. The molecule has 0 aliphatic rings. The smallest absolute Gasteiger partial charge is 0.0618 e. The fourth-order valence-corrected chi connectivity index (χ4v) is 2.68. The van der Waals surface area contributed by atoms with E-state index in [9.17, 15) is 0 Å². The van der Waals surface area contributed by atoms with E-state index in [1.54, 1.807) is 0 Å². The Labute approximate surface area is 80.2 Å². The number of azide groups is 1. The van der Waals surface area contributed by atoms with Gasteiger partial charge in [0.25, 0.3) is 0 Å².